The molecule has 0 aliphatic rings. The Kier molecular flexibility index (Phi) is 8.46. The van der Waals surface area contributed by atoms with E-state index in [4.69, 9.17) is 10.5 Å². The van der Waals surface area contributed by atoms with E-state index in [1.54, 1.807) is 14.0 Å². The lowest BCUT2D eigenvalue weighted by Gasteiger charge is -2.24. The van der Waals surface area contributed by atoms with Crippen molar-refractivity contribution in [3.8, 4) is 0 Å². The van der Waals surface area contributed by atoms with E-state index in [1.165, 1.54) is 0 Å². The summed E-state index contributed by atoms with van der Waals surface area (Å²) < 4.78 is 5.40. The third-order valence-electron chi connectivity index (χ3n) is 3.19. The molecule has 1 rings (SSSR count). The van der Waals surface area contributed by atoms with Gasteiger partial charge in [-0.15, -0.1) is 12.4 Å². The lowest BCUT2D eigenvalue weighted by atomic mass is 9.96. The van der Waals surface area contributed by atoms with Gasteiger partial charge >= 0.3 is 0 Å². The number of carbonyl (C=O) groups is 1. The smallest absolute Gasteiger partial charge is 0.239 e. The second kappa shape index (κ2) is 8.95. The Morgan fingerprint density at radius 1 is 1.40 bits per heavy atom. The van der Waals surface area contributed by atoms with Gasteiger partial charge in [0.25, 0.3) is 0 Å². The van der Waals surface area contributed by atoms with Crippen molar-refractivity contribution in [1.29, 1.82) is 0 Å². The van der Waals surface area contributed by atoms with Crippen LogP contribution in [0.25, 0.3) is 0 Å². The molecule has 1 aromatic carbocycles. The van der Waals surface area contributed by atoms with Crippen LogP contribution in [0.5, 0.6) is 0 Å². The molecule has 1 aromatic rings. The highest BCUT2D eigenvalue weighted by Gasteiger charge is 2.27. The SMILES string of the molecule is CCCC(C)(N)C(=O)NCC(OC)c1ccccc1.Cl. The van der Waals surface area contributed by atoms with Gasteiger partial charge in [0.15, 0.2) is 0 Å². The number of nitrogens with one attached hydrogen (secondary N) is 1. The van der Waals surface area contributed by atoms with Crippen LogP contribution in [0.15, 0.2) is 30.3 Å². The molecule has 20 heavy (non-hydrogen) atoms. The van der Waals surface area contributed by atoms with Crippen molar-refractivity contribution in [2.75, 3.05) is 13.7 Å². The third kappa shape index (κ3) is 5.49. The van der Waals surface area contributed by atoms with Crippen LogP contribution in [0.3, 0.4) is 0 Å². The quantitative estimate of drug-likeness (QED) is 0.813. The standard InChI is InChI=1S/C15H24N2O2.ClH/c1-4-10-15(2,16)14(18)17-11-13(19-3)12-8-6-5-7-9-12;/h5-9,13H,4,10-11,16H2,1-3H3,(H,17,18);1H. The van der Waals surface area contributed by atoms with E-state index in [-0.39, 0.29) is 24.4 Å². The Bertz CT molecular complexity index is 396. The Morgan fingerprint density at radius 2 is 2.00 bits per heavy atom. The normalized spacial score (nSPS) is 14.8. The Balaban J connectivity index is 0.00000361. The van der Waals surface area contributed by atoms with E-state index < -0.39 is 5.54 Å². The zero-order chi connectivity index (χ0) is 14.3. The van der Waals surface area contributed by atoms with Crippen LogP contribution in [0.2, 0.25) is 0 Å². The molecule has 114 valence electrons. The van der Waals surface area contributed by atoms with Crippen molar-refractivity contribution in [3.63, 3.8) is 0 Å². The van der Waals surface area contributed by atoms with Crippen LogP contribution in [0.1, 0.15) is 38.4 Å². The predicted octanol–water partition coefficient (Wildman–Crippen LogP) is 2.43. The third-order valence-corrected chi connectivity index (χ3v) is 3.19. The number of hydrogen-bond donors (Lipinski definition) is 2. The first-order valence-electron chi connectivity index (χ1n) is 6.66. The zero-order valence-corrected chi connectivity index (χ0v) is 13.2. The van der Waals surface area contributed by atoms with E-state index in [0.29, 0.717) is 13.0 Å². The maximum atomic E-state index is 12.0. The molecular weight excluding hydrogens is 276 g/mol. The topological polar surface area (TPSA) is 64.4 Å². The van der Waals surface area contributed by atoms with Gasteiger partial charge in [-0.2, -0.15) is 0 Å². The molecule has 3 N–H and O–H groups in total. The highest BCUT2D eigenvalue weighted by atomic mass is 35.5. The first-order chi connectivity index (χ1) is 9.01. The number of halogens is 1. The first-order valence-corrected chi connectivity index (χ1v) is 6.66. The summed E-state index contributed by atoms with van der Waals surface area (Å²) in [5, 5.41) is 2.87. The van der Waals surface area contributed by atoms with Gasteiger partial charge < -0.3 is 15.8 Å². The molecule has 2 atom stereocenters. The molecule has 0 fully saturated rings. The fraction of sp³-hybridized carbons (Fsp3) is 0.533. The monoisotopic (exact) mass is 300 g/mol. The van der Waals surface area contributed by atoms with E-state index in [9.17, 15) is 4.79 Å². The van der Waals surface area contributed by atoms with Crippen LogP contribution in [-0.4, -0.2) is 25.1 Å². The van der Waals surface area contributed by atoms with Crippen LogP contribution >= 0.6 is 12.4 Å². The van der Waals surface area contributed by atoms with Crippen LogP contribution in [0.4, 0.5) is 0 Å². The highest BCUT2D eigenvalue weighted by molar-refractivity contribution is 5.85. The molecule has 0 aromatic heterocycles. The van der Waals surface area contributed by atoms with Gasteiger partial charge in [0, 0.05) is 13.7 Å². The molecule has 0 saturated heterocycles. The Labute approximate surface area is 127 Å². The molecule has 5 heteroatoms. The number of amides is 1. The summed E-state index contributed by atoms with van der Waals surface area (Å²) in [6.45, 7) is 4.20. The molecule has 0 aliphatic carbocycles. The van der Waals surface area contributed by atoms with Gasteiger partial charge in [0.05, 0.1) is 11.6 Å². The molecular formula is C15H25ClN2O2. The average molecular weight is 301 g/mol. The van der Waals surface area contributed by atoms with Gasteiger partial charge in [-0.05, 0) is 18.9 Å². The zero-order valence-electron chi connectivity index (χ0n) is 12.4. The number of ether oxygens (including phenoxy) is 1. The van der Waals surface area contributed by atoms with Crippen molar-refractivity contribution < 1.29 is 9.53 Å². The minimum Gasteiger partial charge on any atom is -0.375 e. The summed E-state index contributed by atoms with van der Waals surface area (Å²) in [5.74, 6) is -0.132. The molecule has 0 spiro atoms. The van der Waals surface area contributed by atoms with Gasteiger partial charge in [0.2, 0.25) is 5.91 Å². The molecule has 4 nitrogen and oxygen atoms in total. The number of nitrogens with two attached hydrogens (primary N) is 1. The largest absolute Gasteiger partial charge is 0.375 e. The van der Waals surface area contributed by atoms with Crippen molar-refractivity contribution in [3.05, 3.63) is 35.9 Å². The predicted molar refractivity (Wildman–Crippen MR) is 84.0 cm³/mol. The second-order valence-corrected chi connectivity index (χ2v) is 5.01. The summed E-state index contributed by atoms with van der Waals surface area (Å²) in [7, 11) is 1.64. The molecule has 0 saturated carbocycles. The van der Waals surface area contributed by atoms with E-state index in [1.807, 2.05) is 37.3 Å². The minimum absolute atomic E-state index is 0. The summed E-state index contributed by atoms with van der Waals surface area (Å²) in [4.78, 5) is 12.0. The molecule has 0 heterocycles. The van der Waals surface area contributed by atoms with Crippen molar-refractivity contribution in [2.45, 2.75) is 38.3 Å². The summed E-state index contributed by atoms with van der Waals surface area (Å²) in [6.07, 6.45) is 1.40. The number of rotatable bonds is 7. The van der Waals surface area contributed by atoms with Crippen molar-refractivity contribution in [2.24, 2.45) is 5.73 Å². The van der Waals surface area contributed by atoms with Crippen molar-refractivity contribution >= 4 is 18.3 Å². The molecule has 0 bridgehead atoms. The molecule has 0 radical (unpaired) electrons. The summed E-state index contributed by atoms with van der Waals surface area (Å²) in [6, 6.07) is 9.82. The highest BCUT2D eigenvalue weighted by Crippen LogP contribution is 2.15. The van der Waals surface area contributed by atoms with E-state index in [2.05, 4.69) is 5.32 Å². The number of hydrogen-bond acceptors (Lipinski definition) is 3. The molecule has 1 amide bonds. The Morgan fingerprint density at radius 3 is 2.50 bits per heavy atom. The number of carbonyl (C=O) groups excluding carboxylic acids is 1. The molecule has 0 aliphatic heterocycles. The van der Waals surface area contributed by atoms with Gasteiger partial charge in [-0.1, -0.05) is 43.7 Å². The maximum absolute atomic E-state index is 12.0. The van der Waals surface area contributed by atoms with Gasteiger partial charge in [-0.3, -0.25) is 4.79 Å². The molecule has 2 unspecified atom stereocenters. The lowest BCUT2D eigenvalue weighted by Crippen LogP contribution is -2.52. The minimum atomic E-state index is -0.816. The fourth-order valence-corrected chi connectivity index (χ4v) is 2.03. The number of methoxy groups -OCH3 is 1. The fourth-order valence-electron chi connectivity index (χ4n) is 2.03. The Hall–Kier alpha value is -1.10. The first kappa shape index (κ1) is 18.9. The maximum Gasteiger partial charge on any atom is 0.239 e. The van der Waals surface area contributed by atoms with Crippen molar-refractivity contribution in [1.82, 2.24) is 5.32 Å². The van der Waals surface area contributed by atoms with E-state index in [0.717, 1.165) is 12.0 Å². The summed E-state index contributed by atoms with van der Waals surface area (Å²) >= 11 is 0. The lowest BCUT2D eigenvalue weighted by molar-refractivity contribution is -0.126. The average Bonchev–Trinajstić information content (AvgIpc) is 2.40. The van der Waals surface area contributed by atoms with Gasteiger partial charge in [-0.25, -0.2) is 0 Å². The number of benzene rings is 1. The van der Waals surface area contributed by atoms with Gasteiger partial charge in [0.1, 0.15) is 0 Å². The second-order valence-electron chi connectivity index (χ2n) is 5.01. The van der Waals surface area contributed by atoms with Crippen LogP contribution in [0, 0.1) is 0 Å². The van der Waals surface area contributed by atoms with Crippen LogP contribution in [-0.2, 0) is 9.53 Å². The summed E-state index contributed by atoms with van der Waals surface area (Å²) in [5.41, 5.74) is 6.21. The van der Waals surface area contributed by atoms with E-state index >= 15 is 0 Å². The van der Waals surface area contributed by atoms with Crippen LogP contribution < -0.4 is 11.1 Å².